The quantitative estimate of drug-likeness (QED) is 0.211. The van der Waals surface area contributed by atoms with E-state index in [-0.39, 0.29) is 32.8 Å². The summed E-state index contributed by atoms with van der Waals surface area (Å²) in [5.41, 5.74) is -2.47. The van der Waals surface area contributed by atoms with Gasteiger partial charge in [0.2, 0.25) is 0 Å². The van der Waals surface area contributed by atoms with Crippen molar-refractivity contribution >= 4 is 18.0 Å². The Morgan fingerprint density at radius 1 is 1.00 bits per heavy atom. The number of ether oxygens (including phenoxy) is 5. The Labute approximate surface area is 185 Å². The molecule has 1 saturated heterocycles. The van der Waals surface area contributed by atoms with Crippen molar-refractivity contribution < 1.29 is 38.1 Å². The third-order valence-electron chi connectivity index (χ3n) is 4.80. The summed E-state index contributed by atoms with van der Waals surface area (Å²) in [4.78, 5) is 37.4. The monoisotopic (exact) mass is 445 g/mol. The third-order valence-corrected chi connectivity index (χ3v) is 4.80. The molecule has 1 rings (SSSR count). The third kappa shape index (κ3) is 9.86. The standard InChI is InChI=1S/C22H39NO8/c1-6-28-18(24)22(19(25)29-7-2,30-16-11-17-9-14-27-15-10-17)12-8-13-23-20(26)31-21(3,4)5/h17H,6-16H2,1-5H3,(H,23,26). The smallest absolute Gasteiger partial charge is 0.407 e. The van der Waals surface area contributed by atoms with Crippen LogP contribution in [0.25, 0.3) is 0 Å². The maximum absolute atomic E-state index is 12.8. The van der Waals surface area contributed by atoms with Crippen molar-refractivity contribution in [1.82, 2.24) is 5.32 Å². The van der Waals surface area contributed by atoms with Crippen LogP contribution in [0.15, 0.2) is 0 Å². The van der Waals surface area contributed by atoms with Crippen LogP contribution in [0.2, 0.25) is 0 Å². The lowest BCUT2D eigenvalue weighted by atomic mass is 9.95. The highest BCUT2D eigenvalue weighted by atomic mass is 16.6. The summed E-state index contributed by atoms with van der Waals surface area (Å²) in [7, 11) is 0. The summed E-state index contributed by atoms with van der Waals surface area (Å²) in [6, 6.07) is 0. The van der Waals surface area contributed by atoms with Crippen LogP contribution in [-0.2, 0) is 33.3 Å². The van der Waals surface area contributed by atoms with E-state index in [1.54, 1.807) is 34.6 Å². The van der Waals surface area contributed by atoms with E-state index < -0.39 is 29.2 Å². The van der Waals surface area contributed by atoms with Crippen molar-refractivity contribution in [2.75, 3.05) is 39.6 Å². The van der Waals surface area contributed by atoms with Crippen molar-refractivity contribution in [3.05, 3.63) is 0 Å². The molecule has 9 nitrogen and oxygen atoms in total. The van der Waals surface area contributed by atoms with Crippen LogP contribution >= 0.6 is 0 Å². The van der Waals surface area contributed by atoms with E-state index in [2.05, 4.69) is 5.32 Å². The van der Waals surface area contributed by atoms with Crippen LogP contribution in [0.5, 0.6) is 0 Å². The fourth-order valence-electron chi connectivity index (χ4n) is 3.25. The number of alkyl carbamates (subject to hydrolysis) is 1. The molecule has 0 unspecified atom stereocenters. The Hall–Kier alpha value is -1.87. The van der Waals surface area contributed by atoms with Crippen molar-refractivity contribution in [2.24, 2.45) is 5.92 Å². The Bertz CT molecular complexity index is 548. The highest BCUT2D eigenvalue weighted by molar-refractivity contribution is 6.03. The molecular formula is C22H39NO8. The topological polar surface area (TPSA) is 109 Å². The van der Waals surface area contributed by atoms with Crippen molar-refractivity contribution in [2.45, 2.75) is 77.9 Å². The second kappa shape index (κ2) is 13.5. The minimum Gasteiger partial charge on any atom is -0.463 e. The molecule has 0 atom stereocenters. The zero-order chi connectivity index (χ0) is 23.3. The molecule has 9 heteroatoms. The predicted molar refractivity (Wildman–Crippen MR) is 114 cm³/mol. The summed E-state index contributed by atoms with van der Waals surface area (Å²) < 4.78 is 26.8. The van der Waals surface area contributed by atoms with Crippen molar-refractivity contribution in [3.63, 3.8) is 0 Å². The zero-order valence-corrected chi connectivity index (χ0v) is 19.6. The first kappa shape index (κ1) is 27.2. The molecule has 0 aromatic carbocycles. The SMILES string of the molecule is CCOC(=O)C(CCCNC(=O)OC(C)(C)C)(OCCC1CCOCC1)C(=O)OCC. The van der Waals surface area contributed by atoms with Crippen LogP contribution in [0.4, 0.5) is 4.79 Å². The molecule has 1 fully saturated rings. The van der Waals surface area contributed by atoms with Gasteiger partial charge in [-0.15, -0.1) is 0 Å². The fraction of sp³-hybridized carbons (Fsp3) is 0.864. The molecule has 0 bridgehead atoms. The van der Waals surface area contributed by atoms with E-state index >= 15 is 0 Å². The van der Waals surface area contributed by atoms with E-state index in [0.29, 0.717) is 32.0 Å². The van der Waals surface area contributed by atoms with Crippen LogP contribution in [-0.4, -0.2) is 68.8 Å². The molecule has 1 aliphatic rings. The number of carbonyl (C=O) groups excluding carboxylic acids is 3. The van der Waals surface area contributed by atoms with Crippen LogP contribution in [0.3, 0.4) is 0 Å². The molecular weight excluding hydrogens is 406 g/mol. The summed E-state index contributed by atoms with van der Waals surface area (Å²) in [5.74, 6) is -1.11. The maximum atomic E-state index is 12.8. The van der Waals surface area contributed by atoms with E-state index in [1.165, 1.54) is 0 Å². The van der Waals surface area contributed by atoms with Gasteiger partial charge < -0.3 is 29.0 Å². The Balaban J connectivity index is 2.78. The average molecular weight is 446 g/mol. The normalized spacial score (nSPS) is 15.3. The van der Waals surface area contributed by atoms with Gasteiger partial charge in [0, 0.05) is 32.8 Å². The van der Waals surface area contributed by atoms with Crippen LogP contribution in [0.1, 0.15) is 66.7 Å². The van der Waals surface area contributed by atoms with Gasteiger partial charge in [-0.3, -0.25) is 0 Å². The average Bonchev–Trinajstić information content (AvgIpc) is 2.69. The summed E-state index contributed by atoms with van der Waals surface area (Å²) in [6.45, 7) is 10.7. The Morgan fingerprint density at radius 3 is 2.10 bits per heavy atom. The number of rotatable bonds is 12. The van der Waals surface area contributed by atoms with Gasteiger partial charge in [-0.2, -0.15) is 0 Å². The van der Waals surface area contributed by atoms with Gasteiger partial charge in [0.05, 0.1) is 13.2 Å². The van der Waals surface area contributed by atoms with Gasteiger partial charge in [0.25, 0.3) is 5.60 Å². The highest BCUT2D eigenvalue weighted by Crippen LogP contribution is 2.26. The van der Waals surface area contributed by atoms with Gasteiger partial charge in [0.15, 0.2) is 0 Å². The lowest BCUT2D eigenvalue weighted by molar-refractivity contribution is -0.192. The van der Waals surface area contributed by atoms with Crippen molar-refractivity contribution in [1.29, 1.82) is 0 Å². The first-order valence-corrected chi connectivity index (χ1v) is 11.2. The number of hydrogen-bond acceptors (Lipinski definition) is 8. The Morgan fingerprint density at radius 2 is 1.58 bits per heavy atom. The van der Waals surface area contributed by atoms with E-state index in [0.717, 1.165) is 12.8 Å². The lowest BCUT2D eigenvalue weighted by Gasteiger charge is -2.30. The molecule has 0 spiro atoms. The minimum atomic E-state index is -1.85. The van der Waals surface area contributed by atoms with E-state index in [4.69, 9.17) is 23.7 Å². The van der Waals surface area contributed by atoms with Gasteiger partial charge >= 0.3 is 18.0 Å². The molecule has 31 heavy (non-hydrogen) atoms. The summed E-state index contributed by atoms with van der Waals surface area (Å²) in [6.07, 6.45) is 2.32. The molecule has 0 aromatic rings. The van der Waals surface area contributed by atoms with E-state index in [9.17, 15) is 14.4 Å². The summed E-state index contributed by atoms with van der Waals surface area (Å²) in [5, 5.41) is 2.63. The molecule has 0 aliphatic carbocycles. The van der Waals surface area contributed by atoms with Gasteiger partial charge in [0.1, 0.15) is 5.60 Å². The molecule has 0 saturated carbocycles. The molecule has 180 valence electrons. The molecule has 1 amide bonds. The van der Waals surface area contributed by atoms with Gasteiger partial charge in [-0.1, -0.05) is 0 Å². The predicted octanol–water partition coefficient (Wildman–Crippen LogP) is 2.99. The second-order valence-electron chi connectivity index (χ2n) is 8.49. The first-order chi connectivity index (χ1) is 14.6. The Kier molecular flexibility index (Phi) is 11.8. The van der Waals surface area contributed by atoms with Gasteiger partial charge in [-0.25, -0.2) is 14.4 Å². The van der Waals surface area contributed by atoms with Gasteiger partial charge in [-0.05, 0) is 66.2 Å². The molecule has 1 N–H and O–H groups in total. The molecule has 1 heterocycles. The highest BCUT2D eigenvalue weighted by Gasteiger charge is 2.50. The van der Waals surface area contributed by atoms with Crippen LogP contribution in [0, 0.1) is 5.92 Å². The second-order valence-corrected chi connectivity index (χ2v) is 8.49. The first-order valence-electron chi connectivity index (χ1n) is 11.2. The maximum Gasteiger partial charge on any atom is 0.407 e. The number of amides is 1. The lowest BCUT2D eigenvalue weighted by Crippen LogP contribution is -2.52. The number of esters is 2. The summed E-state index contributed by atoms with van der Waals surface area (Å²) >= 11 is 0. The van der Waals surface area contributed by atoms with Crippen molar-refractivity contribution in [3.8, 4) is 0 Å². The molecule has 1 aliphatic heterocycles. The number of hydrogen-bond donors (Lipinski definition) is 1. The minimum absolute atomic E-state index is 0.0221. The zero-order valence-electron chi connectivity index (χ0n) is 19.6. The largest absolute Gasteiger partial charge is 0.463 e. The molecule has 0 aromatic heterocycles. The number of carbonyl (C=O) groups is 3. The van der Waals surface area contributed by atoms with Crippen LogP contribution < -0.4 is 5.32 Å². The molecule has 0 radical (unpaired) electrons. The van der Waals surface area contributed by atoms with E-state index in [1.807, 2.05) is 0 Å². The fourth-order valence-corrected chi connectivity index (χ4v) is 3.25. The number of nitrogens with one attached hydrogen (secondary N) is 1.